The first-order valence-corrected chi connectivity index (χ1v) is 5.00. The monoisotopic (exact) mass is 295 g/mol. The van der Waals surface area contributed by atoms with Crippen molar-refractivity contribution in [2.45, 2.75) is 6.92 Å². The fourth-order valence-electron chi connectivity index (χ4n) is 0.919. The molecule has 12 heavy (non-hydrogen) atoms. The lowest BCUT2D eigenvalue weighted by atomic mass is 10.0. The third-order valence-corrected chi connectivity index (χ3v) is 3.27. The summed E-state index contributed by atoms with van der Waals surface area (Å²) in [6.07, 6.45) is 0. The van der Waals surface area contributed by atoms with Gasteiger partial charge in [-0.2, -0.15) is 0 Å². The Bertz CT molecular complexity index is 275. The van der Waals surface area contributed by atoms with Crippen LogP contribution >= 0.6 is 34.2 Å². The van der Waals surface area contributed by atoms with E-state index in [9.17, 15) is 0 Å². The van der Waals surface area contributed by atoms with E-state index in [2.05, 4.69) is 22.6 Å². The van der Waals surface area contributed by atoms with E-state index in [1.165, 1.54) is 0 Å². The summed E-state index contributed by atoms with van der Waals surface area (Å²) in [5, 5.41) is 9.63. The first kappa shape index (κ1) is 10.3. The van der Waals surface area contributed by atoms with Crippen LogP contribution in [0.15, 0.2) is 18.2 Å². The zero-order valence-corrected chi connectivity index (χ0v) is 9.56. The van der Waals surface area contributed by atoms with Gasteiger partial charge in [-0.05, 0) is 34.2 Å². The zero-order valence-electron chi connectivity index (χ0n) is 6.64. The molecule has 0 unspecified atom stereocenters. The number of rotatable bonds is 2. The van der Waals surface area contributed by atoms with Crippen LogP contribution in [0.25, 0.3) is 0 Å². The van der Waals surface area contributed by atoms with E-state index in [0.717, 1.165) is 20.1 Å². The molecule has 0 aliphatic heterocycles. The Morgan fingerprint density at radius 2 is 2.25 bits per heavy atom. The molecule has 0 saturated heterocycles. The Morgan fingerprint density at radius 1 is 1.58 bits per heavy atom. The minimum absolute atomic E-state index is 0.0554. The molecule has 3 heteroatoms. The van der Waals surface area contributed by atoms with Gasteiger partial charge < -0.3 is 5.11 Å². The molecular weight excluding hydrogens is 286 g/mol. The molecule has 0 aliphatic rings. The highest BCUT2D eigenvalue weighted by Crippen LogP contribution is 2.27. The van der Waals surface area contributed by atoms with Crippen molar-refractivity contribution in [3.63, 3.8) is 0 Å². The Morgan fingerprint density at radius 3 is 2.83 bits per heavy atom. The maximum absolute atomic E-state index is 8.91. The van der Waals surface area contributed by atoms with Gasteiger partial charge in [0.25, 0.3) is 0 Å². The average molecular weight is 296 g/mol. The average Bonchev–Trinajstić information content (AvgIpc) is 2.08. The van der Waals surface area contributed by atoms with Crippen molar-refractivity contribution in [2.24, 2.45) is 0 Å². The fourth-order valence-corrected chi connectivity index (χ4v) is 1.70. The topological polar surface area (TPSA) is 20.2 Å². The lowest BCUT2D eigenvalue weighted by Gasteiger charge is -2.10. The number of hydrogen-bond acceptors (Lipinski definition) is 1. The van der Waals surface area contributed by atoms with Crippen LogP contribution in [-0.2, 0) is 0 Å². The van der Waals surface area contributed by atoms with Crippen molar-refractivity contribution in [1.82, 2.24) is 0 Å². The highest BCUT2D eigenvalue weighted by Gasteiger charge is 2.10. The van der Waals surface area contributed by atoms with Crippen LogP contribution in [0.3, 0.4) is 0 Å². The van der Waals surface area contributed by atoms with E-state index in [1.807, 2.05) is 25.1 Å². The van der Waals surface area contributed by atoms with Crippen LogP contribution in [0.5, 0.6) is 0 Å². The van der Waals surface area contributed by atoms with Crippen LogP contribution in [-0.4, -0.2) is 11.7 Å². The second-order valence-electron chi connectivity index (χ2n) is 2.54. The molecule has 0 bridgehead atoms. The predicted molar refractivity (Wildman–Crippen MR) is 59.3 cm³/mol. The quantitative estimate of drug-likeness (QED) is 0.832. The molecule has 0 amide bonds. The summed E-state index contributed by atoms with van der Waals surface area (Å²) in [5.41, 5.74) is 0.936. The van der Waals surface area contributed by atoms with Crippen molar-refractivity contribution in [1.29, 1.82) is 0 Å². The second-order valence-corrected chi connectivity index (χ2v) is 4.08. The maximum atomic E-state index is 8.91. The van der Waals surface area contributed by atoms with Crippen molar-refractivity contribution in [3.8, 4) is 0 Å². The molecule has 0 fully saturated rings. The summed E-state index contributed by atoms with van der Waals surface area (Å²) in [6, 6.07) is 5.79. The number of halogens is 2. The van der Waals surface area contributed by atoms with Crippen molar-refractivity contribution < 1.29 is 5.11 Å². The van der Waals surface area contributed by atoms with Crippen LogP contribution in [0.4, 0.5) is 0 Å². The Kier molecular flexibility index (Phi) is 3.80. The highest BCUT2D eigenvalue weighted by atomic mass is 127. The second kappa shape index (κ2) is 4.44. The lowest BCUT2D eigenvalue weighted by molar-refractivity contribution is 0.315. The number of hydrogen-bond donors (Lipinski definition) is 1. The molecule has 0 spiro atoms. The Balaban J connectivity index is 3.07. The van der Waals surface area contributed by atoms with E-state index in [4.69, 9.17) is 16.7 Å². The molecule has 0 saturated carbocycles. The third-order valence-electron chi connectivity index (χ3n) is 1.65. The summed E-state index contributed by atoms with van der Waals surface area (Å²) < 4.78 is 1.01. The fraction of sp³-hybridized carbons (Fsp3) is 0.222. The molecule has 1 aromatic rings. The minimum Gasteiger partial charge on any atom is -0.395 e. The van der Waals surface area contributed by atoms with Crippen molar-refractivity contribution in [2.75, 3.05) is 6.61 Å². The van der Waals surface area contributed by atoms with Gasteiger partial charge in [-0.15, -0.1) is 0 Å². The lowest BCUT2D eigenvalue weighted by Crippen LogP contribution is -2.01. The maximum Gasteiger partial charge on any atom is 0.0578 e. The van der Waals surface area contributed by atoms with Gasteiger partial charge in [0, 0.05) is 9.49 Å². The molecule has 0 aromatic heterocycles. The Labute approximate surface area is 90.9 Å². The van der Waals surface area contributed by atoms with Gasteiger partial charge in [0.15, 0.2) is 0 Å². The molecular formula is C9H9ClIO. The summed E-state index contributed by atoms with van der Waals surface area (Å²) in [5.74, 6) is 0.901. The summed E-state index contributed by atoms with van der Waals surface area (Å²) >= 11 is 8.20. The van der Waals surface area contributed by atoms with Gasteiger partial charge in [0.2, 0.25) is 0 Å². The van der Waals surface area contributed by atoms with Crippen LogP contribution in [0.2, 0.25) is 5.02 Å². The van der Waals surface area contributed by atoms with E-state index >= 15 is 0 Å². The van der Waals surface area contributed by atoms with Gasteiger partial charge in [-0.25, -0.2) is 0 Å². The van der Waals surface area contributed by atoms with E-state index in [0.29, 0.717) is 0 Å². The smallest absolute Gasteiger partial charge is 0.0578 e. The van der Waals surface area contributed by atoms with Crippen molar-refractivity contribution >= 4 is 34.2 Å². The first-order chi connectivity index (χ1) is 5.66. The van der Waals surface area contributed by atoms with Gasteiger partial charge in [0.05, 0.1) is 11.6 Å². The first-order valence-electron chi connectivity index (χ1n) is 3.54. The minimum atomic E-state index is 0.0554. The molecule has 0 aliphatic carbocycles. The van der Waals surface area contributed by atoms with E-state index < -0.39 is 0 Å². The number of aliphatic hydroxyl groups is 1. The van der Waals surface area contributed by atoms with Crippen LogP contribution in [0, 0.1) is 9.49 Å². The summed E-state index contributed by atoms with van der Waals surface area (Å²) in [4.78, 5) is 0. The Hall–Kier alpha value is 0.200. The molecule has 1 nitrogen and oxygen atoms in total. The molecule has 1 rings (SSSR count). The van der Waals surface area contributed by atoms with Gasteiger partial charge in [0.1, 0.15) is 0 Å². The summed E-state index contributed by atoms with van der Waals surface area (Å²) in [7, 11) is 0. The molecule has 1 radical (unpaired) electrons. The van der Waals surface area contributed by atoms with Crippen LogP contribution < -0.4 is 0 Å². The standard InChI is InChI=1S/C9H9ClIO/c1-6(5-12)7-3-2-4-8(11)9(7)10/h2-4,12H,5H2,1H3. The van der Waals surface area contributed by atoms with Gasteiger partial charge >= 0.3 is 0 Å². The molecule has 0 heterocycles. The summed E-state index contributed by atoms with van der Waals surface area (Å²) in [6.45, 7) is 1.93. The molecule has 65 valence electrons. The van der Waals surface area contributed by atoms with Gasteiger partial charge in [-0.3, -0.25) is 0 Å². The highest BCUT2D eigenvalue weighted by molar-refractivity contribution is 14.1. The molecule has 1 N–H and O–H groups in total. The third kappa shape index (κ3) is 2.12. The number of aliphatic hydroxyl groups excluding tert-OH is 1. The zero-order chi connectivity index (χ0) is 9.14. The number of benzene rings is 1. The van der Waals surface area contributed by atoms with Crippen LogP contribution in [0.1, 0.15) is 12.5 Å². The normalized spacial score (nSPS) is 10.8. The van der Waals surface area contributed by atoms with Gasteiger partial charge in [-0.1, -0.05) is 30.7 Å². The molecule has 0 atom stereocenters. The largest absolute Gasteiger partial charge is 0.395 e. The predicted octanol–water partition coefficient (Wildman–Crippen LogP) is 2.88. The SMILES string of the molecule is C[C](CO)c1cccc(I)c1Cl. The van der Waals surface area contributed by atoms with E-state index in [-0.39, 0.29) is 6.61 Å². The molecule has 1 aromatic carbocycles. The van der Waals surface area contributed by atoms with Crippen molar-refractivity contribution in [3.05, 3.63) is 38.3 Å². The van der Waals surface area contributed by atoms with E-state index in [1.54, 1.807) is 0 Å².